The SMILES string of the molecule is CCOC(=O)c1cccc(-c2ccccc2C)c1. The molecule has 0 aliphatic heterocycles. The third kappa shape index (κ3) is 2.59. The van der Waals surface area contributed by atoms with Crippen molar-refractivity contribution in [1.29, 1.82) is 0 Å². The molecule has 92 valence electrons. The van der Waals surface area contributed by atoms with E-state index < -0.39 is 0 Å². The van der Waals surface area contributed by atoms with E-state index in [-0.39, 0.29) is 5.97 Å². The van der Waals surface area contributed by atoms with Crippen LogP contribution in [0.1, 0.15) is 22.8 Å². The number of carbonyl (C=O) groups is 1. The van der Waals surface area contributed by atoms with Gasteiger partial charge in [0.15, 0.2) is 0 Å². The number of hydrogen-bond donors (Lipinski definition) is 0. The predicted octanol–water partition coefficient (Wildman–Crippen LogP) is 3.84. The zero-order chi connectivity index (χ0) is 13.0. The number of benzene rings is 2. The molecule has 0 aliphatic carbocycles. The Morgan fingerprint density at radius 1 is 1.11 bits per heavy atom. The summed E-state index contributed by atoms with van der Waals surface area (Å²) < 4.78 is 5.01. The number of esters is 1. The maximum absolute atomic E-state index is 11.7. The van der Waals surface area contributed by atoms with Gasteiger partial charge in [-0.2, -0.15) is 0 Å². The highest BCUT2D eigenvalue weighted by atomic mass is 16.5. The number of ether oxygens (including phenoxy) is 1. The van der Waals surface area contributed by atoms with Crippen molar-refractivity contribution in [3.63, 3.8) is 0 Å². The lowest BCUT2D eigenvalue weighted by atomic mass is 9.99. The van der Waals surface area contributed by atoms with Gasteiger partial charge < -0.3 is 4.74 Å². The smallest absolute Gasteiger partial charge is 0.338 e. The Kier molecular flexibility index (Phi) is 3.78. The minimum absolute atomic E-state index is 0.270. The second kappa shape index (κ2) is 5.50. The highest BCUT2D eigenvalue weighted by Crippen LogP contribution is 2.24. The normalized spacial score (nSPS) is 10.1. The van der Waals surface area contributed by atoms with Gasteiger partial charge in [0, 0.05) is 0 Å². The third-order valence-corrected chi connectivity index (χ3v) is 2.83. The Bertz CT molecular complexity index is 559. The van der Waals surface area contributed by atoms with E-state index in [1.165, 1.54) is 5.56 Å². The maximum atomic E-state index is 11.7. The van der Waals surface area contributed by atoms with Gasteiger partial charge in [-0.1, -0.05) is 36.4 Å². The minimum Gasteiger partial charge on any atom is -0.462 e. The van der Waals surface area contributed by atoms with Gasteiger partial charge in [0.05, 0.1) is 12.2 Å². The fourth-order valence-corrected chi connectivity index (χ4v) is 1.92. The van der Waals surface area contributed by atoms with Gasteiger partial charge in [-0.05, 0) is 42.7 Å². The fraction of sp³-hybridized carbons (Fsp3) is 0.188. The van der Waals surface area contributed by atoms with E-state index in [0.29, 0.717) is 12.2 Å². The van der Waals surface area contributed by atoms with Gasteiger partial charge in [0.1, 0.15) is 0 Å². The molecule has 0 radical (unpaired) electrons. The van der Waals surface area contributed by atoms with Gasteiger partial charge in [0.2, 0.25) is 0 Å². The van der Waals surface area contributed by atoms with Crippen molar-refractivity contribution in [3.8, 4) is 11.1 Å². The number of aryl methyl sites for hydroxylation is 1. The third-order valence-electron chi connectivity index (χ3n) is 2.83. The number of rotatable bonds is 3. The molecule has 0 amide bonds. The number of carbonyl (C=O) groups excluding carboxylic acids is 1. The van der Waals surface area contributed by atoms with Crippen LogP contribution in [0.5, 0.6) is 0 Å². The van der Waals surface area contributed by atoms with E-state index in [1.807, 2.05) is 37.3 Å². The molecular weight excluding hydrogens is 224 g/mol. The van der Waals surface area contributed by atoms with Crippen molar-refractivity contribution in [2.45, 2.75) is 13.8 Å². The van der Waals surface area contributed by atoms with Crippen molar-refractivity contribution >= 4 is 5.97 Å². The van der Waals surface area contributed by atoms with Crippen molar-refractivity contribution in [3.05, 3.63) is 59.7 Å². The first-order valence-corrected chi connectivity index (χ1v) is 6.05. The Morgan fingerprint density at radius 3 is 2.61 bits per heavy atom. The lowest BCUT2D eigenvalue weighted by Crippen LogP contribution is -2.04. The standard InChI is InChI=1S/C16H16O2/c1-3-18-16(17)14-9-6-8-13(11-14)15-10-5-4-7-12(15)2/h4-11H,3H2,1-2H3. The molecule has 2 aromatic carbocycles. The van der Waals surface area contributed by atoms with Crippen LogP contribution in [0.3, 0.4) is 0 Å². The molecule has 18 heavy (non-hydrogen) atoms. The second-order valence-corrected chi connectivity index (χ2v) is 4.12. The topological polar surface area (TPSA) is 26.3 Å². The molecule has 2 aromatic rings. The first-order chi connectivity index (χ1) is 8.72. The second-order valence-electron chi connectivity index (χ2n) is 4.12. The van der Waals surface area contributed by atoms with Crippen LogP contribution in [0.25, 0.3) is 11.1 Å². The molecule has 2 rings (SSSR count). The maximum Gasteiger partial charge on any atom is 0.338 e. The zero-order valence-corrected chi connectivity index (χ0v) is 10.6. The minimum atomic E-state index is -0.270. The molecule has 2 nitrogen and oxygen atoms in total. The van der Waals surface area contributed by atoms with Crippen LogP contribution in [0.2, 0.25) is 0 Å². The van der Waals surface area contributed by atoms with E-state index >= 15 is 0 Å². The van der Waals surface area contributed by atoms with Gasteiger partial charge in [0.25, 0.3) is 0 Å². The lowest BCUT2D eigenvalue weighted by molar-refractivity contribution is 0.0526. The molecule has 0 bridgehead atoms. The van der Waals surface area contributed by atoms with Crippen LogP contribution >= 0.6 is 0 Å². The molecular formula is C16H16O2. The molecule has 0 spiro atoms. The molecule has 0 saturated carbocycles. The van der Waals surface area contributed by atoms with Gasteiger partial charge in [-0.3, -0.25) is 0 Å². The monoisotopic (exact) mass is 240 g/mol. The Balaban J connectivity index is 2.39. The van der Waals surface area contributed by atoms with E-state index in [0.717, 1.165) is 11.1 Å². The van der Waals surface area contributed by atoms with Crippen molar-refractivity contribution < 1.29 is 9.53 Å². The molecule has 0 aromatic heterocycles. The molecule has 0 aliphatic rings. The van der Waals surface area contributed by atoms with Crippen LogP contribution in [0.4, 0.5) is 0 Å². The first-order valence-electron chi connectivity index (χ1n) is 6.05. The Hall–Kier alpha value is -2.09. The molecule has 0 unspecified atom stereocenters. The fourth-order valence-electron chi connectivity index (χ4n) is 1.92. The van der Waals surface area contributed by atoms with Gasteiger partial charge in [-0.15, -0.1) is 0 Å². The Morgan fingerprint density at radius 2 is 1.89 bits per heavy atom. The average molecular weight is 240 g/mol. The van der Waals surface area contributed by atoms with E-state index in [1.54, 1.807) is 6.07 Å². The average Bonchev–Trinajstić information content (AvgIpc) is 2.40. The van der Waals surface area contributed by atoms with Crippen molar-refractivity contribution in [2.75, 3.05) is 6.61 Å². The molecule has 2 heteroatoms. The van der Waals surface area contributed by atoms with Crippen LogP contribution in [0.15, 0.2) is 48.5 Å². The van der Waals surface area contributed by atoms with Crippen LogP contribution in [-0.2, 0) is 4.74 Å². The summed E-state index contributed by atoms with van der Waals surface area (Å²) in [6.07, 6.45) is 0. The lowest BCUT2D eigenvalue weighted by Gasteiger charge is -2.07. The van der Waals surface area contributed by atoms with Crippen LogP contribution in [0, 0.1) is 6.92 Å². The summed E-state index contributed by atoms with van der Waals surface area (Å²) in [6, 6.07) is 15.7. The van der Waals surface area contributed by atoms with Gasteiger partial charge in [-0.25, -0.2) is 4.79 Å². The molecule has 0 N–H and O–H groups in total. The van der Waals surface area contributed by atoms with E-state index in [4.69, 9.17) is 4.74 Å². The highest BCUT2D eigenvalue weighted by molar-refractivity contribution is 5.91. The predicted molar refractivity (Wildman–Crippen MR) is 72.6 cm³/mol. The largest absolute Gasteiger partial charge is 0.462 e. The number of hydrogen-bond acceptors (Lipinski definition) is 2. The summed E-state index contributed by atoms with van der Waals surface area (Å²) >= 11 is 0. The molecule has 0 atom stereocenters. The van der Waals surface area contributed by atoms with E-state index in [9.17, 15) is 4.79 Å². The van der Waals surface area contributed by atoms with Crippen LogP contribution < -0.4 is 0 Å². The summed E-state index contributed by atoms with van der Waals surface area (Å²) in [5, 5.41) is 0. The molecule has 0 saturated heterocycles. The van der Waals surface area contributed by atoms with Crippen LogP contribution in [-0.4, -0.2) is 12.6 Å². The zero-order valence-electron chi connectivity index (χ0n) is 10.6. The summed E-state index contributed by atoms with van der Waals surface area (Å²) in [5.74, 6) is -0.270. The quantitative estimate of drug-likeness (QED) is 0.762. The molecule has 0 heterocycles. The van der Waals surface area contributed by atoms with Crippen molar-refractivity contribution in [2.24, 2.45) is 0 Å². The summed E-state index contributed by atoms with van der Waals surface area (Å²) in [6.45, 7) is 4.27. The van der Waals surface area contributed by atoms with E-state index in [2.05, 4.69) is 19.1 Å². The van der Waals surface area contributed by atoms with Crippen molar-refractivity contribution in [1.82, 2.24) is 0 Å². The highest BCUT2D eigenvalue weighted by Gasteiger charge is 2.08. The molecule has 0 fully saturated rings. The summed E-state index contributed by atoms with van der Waals surface area (Å²) in [7, 11) is 0. The first kappa shape index (κ1) is 12.4. The summed E-state index contributed by atoms with van der Waals surface area (Å²) in [4.78, 5) is 11.7. The Labute approximate surface area is 107 Å². The summed E-state index contributed by atoms with van der Waals surface area (Å²) in [5.41, 5.74) is 3.97. The van der Waals surface area contributed by atoms with Gasteiger partial charge >= 0.3 is 5.97 Å².